The van der Waals surface area contributed by atoms with Gasteiger partial charge in [0, 0.05) is 19.1 Å². The Bertz CT molecular complexity index is 211. The van der Waals surface area contributed by atoms with Crippen molar-refractivity contribution in [2.75, 3.05) is 7.11 Å². The maximum atomic E-state index is 9.57. The van der Waals surface area contributed by atoms with Gasteiger partial charge in [-0.05, 0) is 0 Å². The largest absolute Gasteiger partial charge is 0.390 e. The summed E-state index contributed by atoms with van der Waals surface area (Å²) in [5.41, 5.74) is 5.76. The van der Waals surface area contributed by atoms with Crippen molar-refractivity contribution in [3.05, 3.63) is 12.7 Å². The SMILES string of the molecule is C=C[C@H]1[C@@H](N)[C@@H](OC)[C@H](O)[C@@H](O)[C@@H]1O. The lowest BCUT2D eigenvalue weighted by molar-refractivity contribution is -0.165. The number of nitrogens with two attached hydrogens (primary N) is 1. The number of rotatable bonds is 2. The molecule has 0 saturated heterocycles. The van der Waals surface area contributed by atoms with Crippen molar-refractivity contribution < 1.29 is 20.1 Å². The van der Waals surface area contributed by atoms with Crippen molar-refractivity contribution in [2.24, 2.45) is 11.7 Å². The second kappa shape index (κ2) is 4.37. The van der Waals surface area contributed by atoms with Gasteiger partial charge in [-0.1, -0.05) is 6.08 Å². The smallest absolute Gasteiger partial charge is 0.110 e. The highest BCUT2D eigenvalue weighted by molar-refractivity contribution is 5.06. The summed E-state index contributed by atoms with van der Waals surface area (Å²) >= 11 is 0. The van der Waals surface area contributed by atoms with E-state index in [1.54, 1.807) is 0 Å². The molecule has 1 fully saturated rings. The predicted octanol–water partition coefficient (Wildman–Crippen LogP) is -1.77. The van der Waals surface area contributed by atoms with Gasteiger partial charge in [0.2, 0.25) is 0 Å². The van der Waals surface area contributed by atoms with Crippen LogP contribution in [0, 0.1) is 5.92 Å². The topological polar surface area (TPSA) is 95.9 Å². The molecule has 5 nitrogen and oxygen atoms in total. The molecule has 1 rings (SSSR count). The van der Waals surface area contributed by atoms with Crippen LogP contribution >= 0.6 is 0 Å². The van der Waals surface area contributed by atoms with Crippen LogP contribution in [0.3, 0.4) is 0 Å². The molecule has 0 bridgehead atoms. The maximum Gasteiger partial charge on any atom is 0.110 e. The molecule has 1 aliphatic carbocycles. The van der Waals surface area contributed by atoms with E-state index in [4.69, 9.17) is 10.5 Å². The Balaban J connectivity index is 2.88. The Morgan fingerprint density at radius 3 is 2.21 bits per heavy atom. The Kier molecular flexibility index (Phi) is 3.63. The number of hydrogen-bond donors (Lipinski definition) is 4. The molecule has 0 radical (unpaired) electrons. The van der Waals surface area contributed by atoms with Crippen molar-refractivity contribution in [2.45, 2.75) is 30.5 Å². The molecule has 14 heavy (non-hydrogen) atoms. The average Bonchev–Trinajstić information content (AvgIpc) is 2.16. The molecule has 0 aromatic heterocycles. The van der Waals surface area contributed by atoms with Gasteiger partial charge >= 0.3 is 0 Å². The molecule has 0 aromatic carbocycles. The molecule has 1 saturated carbocycles. The molecule has 5 N–H and O–H groups in total. The minimum absolute atomic E-state index is 0.474. The number of ether oxygens (including phenoxy) is 1. The van der Waals surface area contributed by atoms with Crippen LogP contribution in [-0.4, -0.2) is 52.9 Å². The fraction of sp³-hybridized carbons (Fsp3) is 0.778. The van der Waals surface area contributed by atoms with E-state index in [1.165, 1.54) is 13.2 Å². The summed E-state index contributed by atoms with van der Waals surface area (Å²) in [5, 5.41) is 28.6. The van der Waals surface area contributed by atoms with Gasteiger partial charge in [-0.25, -0.2) is 0 Å². The van der Waals surface area contributed by atoms with Gasteiger partial charge in [-0.2, -0.15) is 0 Å². The zero-order valence-electron chi connectivity index (χ0n) is 8.08. The van der Waals surface area contributed by atoms with Crippen LogP contribution in [0.4, 0.5) is 0 Å². The van der Waals surface area contributed by atoms with Crippen LogP contribution in [0.1, 0.15) is 0 Å². The lowest BCUT2D eigenvalue weighted by Gasteiger charge is -2.43. The van der Waals surface area contributed by atoms with E-state index in [1.807, 2.05) is 0 Å². The van der Waals surface area contributed by atoms with Gasteiger partial charge in [0.15, 0.2) is 0 Å². The third kappa shape index (κ3) is 1.69. The minimum atomic E-state index is -1.25. The molecule has 0 aromatic rings. The number of aliphatic hydroxyl groups excluding tert-OH is 3. The van der Waals surface area contributed by atoms with Gasteiger partial charge in [0.1, 0.15) is 18.3 Å². The summed E-state index contributed by atoms with van der Waals surface area (Å²) in [7, 11) is 1.40. The van der Waals surface area contributed by atoms with E-state index in [0.29, 0.717) is 0 Å². The molecule has 0 spiro atoms. The number of hydrogen-bond acceptors (Lipinski definition) is 5. The second-order valence-corrected chi connectivity index (χ2v) is 3.56. The maximum absolute atomic E-state index is 9.57. The molecular weight excluding hydrogens is 186 g/mol. The summed E-state index contributed by atoms with van der Waals surface area (Å²) in [6.07, 6.45) is -2.72. The van der Waals surface area contributed by atoms with E-state index in [2.05, 4.69) is 6.58 Å². The first-order valence-electron chi connectivity index (χ1n) is 4.49. The first kappa shape index (κ1) is 11.6. The fourth-order valence-electron chi connectivity index (χ4n) is 1.89. The lowest BCUT2D eigenvalue weighted by atomic mass is 9.77. The molecule has 5 heteroatoms. The Morgan fingerprint density at radius 2 is 1.79 bits per heavy atom. The first-order valence-corrected chi connectivity index (χ1v) is 4.49. The van der Waals surface area contributed by atoms with Crippen LogP contribution in [0.15, 0.2) is 12.7 Å². The monoisotopic (exact) mass is 203 g/mol. The Morgan fingerprint density at radius 1 is 1.21 bits per heavy atom. The van der Waals surface area contributed by atoms with Crippen molar-refractivity contribution in [1.29, 1.82) is 0 Å². The highest BCUT2D eigenvalue weighted by Gasteiger charge is 2.46. The molecule has 6 atom stereocenters. The van der Waals surface area contributed by atoms with Gasteiger partial charge in [-0.15, -0.1) is 6.58 Å². The lowest BCUT2D eigenvalue weighted by Crippen LogP contribution is -2.63. The molecule has 0 heterocycles. The van der Waals surface area contributed by atoms with Crippen LogP contribution in [0.25, 0.3) is 0 Å². The summed E-state index contributed by atoms with van der Waals surface area (Å²) in [5.74, 6) is -0.474. The van der Waals surface area contributed by atoms with Crippen molar-refractivity contribution in [3.8, 4) is 0 Å². The average molecular weight is 203 g/mol. The quantitative estimate of drug-likeness (QED) is 0.398. The highest BCUT2D eigenvalue weighted by Crippen LogP contribution is 2.27. The first-order chi connectivity index (χ1) is 6.54. The van der Waals surface area contributed by atoms with Crippen molar-refractivity contribution >= 4 is 0 Å². The van der Waals surface area contributed by atoms with Gasteiger partial charge in [0.05, 0.1) is 6.10 Å². The predicted molar refractivity (Wildman–Crippen MR) is 50.5 cm³/mol. The van der Waals surface area contributed by atoms with Crippen LogP contribution < -0.4 is 5.73 Å². The van der Waals surface area contributed by atoms with E-state index in [0.717, 1.165) is 0 Å². The zero-order valence-corrected chi connectivity index (χ0v) is 8.08. The Hall–Kier alpha value is -0.460. The summed E-state index contributed by atoms with van der Waals surface area (Å²) in [6.45, 7) is 3.53. The fourth-order valence-corrected chi connectivity index (χ4v) is 1.89. The third-order valence-electron chi connectivity index (χ3n) is 2.80. The van der Waals surface area contributed by atoms with Gasteiger partial charge in [0.25, 0.3) is 0 Å². The van der Waals surface area contributed by atoms with Crippen LogP contribution in [0.5, 0.6) is 0 Å². The normalized spacial score (nSPS) is 48.9. The zero-order chi connectivity index (χ0) is 10.9. The summed E-state index contributed by atoms with van der Waals surface area (Å²) < 4.78 is 4.97. The number of methoxy groups -OCH3 is 1. The van der Waals surface area contributed by atoms with Crippen LogP contribution in [-0.2, 0) is 4.74 Å². The second-order valence-electron chi connectivity index (χ2n) is 3.56. The Labute approximate surface area is 82.8 Å². The van der Waals surface area contributed by atoms with Crippen molar-refractivity contribution in [3.63, 3.8) is 0 Å². The third-order valence-corrected chi connectivity index (χ3v) is 2.80. The molecule has 82 valence electrons. The molecule has 0 unspecified atom stereocenters. The van der Waals surface area contributed by atoms with E-state index >= 15 is 0 Å². The summed E-state index contributed by atoms with van der Waals surface area (Å²) in [6, 6.07) is -0.564. The molecule has 0 amide bonds. The molecular formula is C9H17NO4. The van der Waals surface area contributed by atoms with E-state index < -0.39 is 36.4 Å². The summed E-state index contributed by atoms with van der Waals surface area (Å²) in [4.78, 5) is 0. The standard InChI is InChI=1S/C9H17NO4/c1-3-4-5(10)9(14-2)8(13)7(12)6(4)11/h3-9,11-13H,1,10H2,2H3/t4-,5+,6+,7-,8+,9+/m0/s1. The minimum Gasteiger partial charge on any atom is -0.390 e. The van der Waals surface area contributed by atoms with E-state index in [-0.39, 0.29) is 0 Å². The van der Waals surface area contributed by atoms with E-state index in [9.17, 15) is 15.3 Å². The molecule has 1 aliphatic rings. The van der Waals surface area contributed by atoms with Gasteiger partial charge < -0.3 is 25.8 Å². The molecule has 0 aliphatic heterocycles. The van der Waals surface area contributed by atoms with Crippen LogP contribution in [0.2, 0.25) is 0 Å². The highest BCUT2D eigenvalue weighted by atomic mass is 16.5. The van der Waals surface area contributed by atoms with Gasteiger partial charge in [-0.3, -0.25) is 0 Å². The van der Waals surface area contributed by atoms with Crippen molar-refractivity contribution in [1.82, 2.24) is 0 Å². The number of aliphatic hydroxyl groups is 3.